The summed E-state index contributed by atoms with van der Waals surface area (Å²) in [6.07, 6.45) is 0. The first kappa shape index (κ1) is 12.2. The van der Waals surface area contributed by atoms with Gasteiger partial charge in [0, 0.05) is 0 Å². The molecule has 18 heavy (non-hydrogen) atoms. The second kappa shape index (κ2) is 5.36. The molecule has 0 aliphatic heterocycles. The van der Waals surface area contributed by atoms with E-state index in [2.05, 4.69) is 17.4 Å². The van der Waals surface area contributed by atoms with Crippen LogP contribution in [0.15, 0.2) is 54.6 Å². The van der Waals surface area contributed by atoms with Crippen molar-refractivity contribution in [1.82, 2.24) is 5.32 Å². The molecule has 0 heterocycles. The molecule has 0 spiro atoms. The van der Waals surface area contributed by atoms with Crippen molar-refractivity contribution >= 4 is 6.03 Å². The molecule has 0 aromatic heterocycles. The van der Waals surface area contributed by atoms with Gasteiger partial charge in [0.25, 0.3) is 0 Å². The summed E-state index contributed by atoms with van der Waals surface area (Å²) in [6, 6.07) is 17.7. The Morgan fingerprint density at radius 3 is 2.11 bits per heavy atom. The van der Waals surface area contributed by atoms with Gasteiger partial charge in [0.05, 0.1) is 6.04 Å². The molecule has 1 atom stereocenters. The lowest BCUT2D eigenvalue weighted by atomic mass is 10.0. The monoisotopic (exact) mass is 240 g/mol. The topological polar surface area (TPSA) is 55.1 Å². The summed E-state index contributed by atoms with van der Waals surface area (Å²) >= 11 is 0. The second-order valence-electron chi connectivity index (χ2n) is 4.22. The SMILES string of the molecule is C[C@H](NC(N)=O)c1ccc(-c2ccccc2)cc1. The van der Waals surface area contributed by atoms with Crippen molar-refractivity contribution in [1.29, 1.82) is 0 Å². The van der Waals surface area contributed by atoms with Gasteiger partial charge >= 0.3 is 6.03 Å². The van der Waals surface area contributed by atoms with Crippen LogP contribution >= 0.6 is 0 Å². The molecule has 3 heteroatoms. The summed E-state index contributed by atoms with van der Waals surface area (Å²) in [4.78, 5) is 10.8. The summed E-state index contributed by atoms with van der Waals surface area (Å²) in [5.74, 6) is 0. The maximum absolute atomic E-state index is 10.8. The molecule has 2 rings (SSSR count). The molecule has 2 aromatic carbocycles. The number of hydrogen-bond acceptors (Lipinski definition) is 1. The Morgan fingerprint density at radius 1 is 1.00 bits per heavy atom. The normalized spacial score (nSPS) is 11.8. The van der Waals surface area contributed by atoms with Crippen molar-refractivity contribution in [2.24, 2.45) is 5.73 Å². The molecule has 92 valence electrons. The third-order valence-corrected chi connectivity index (χ3v) is 2.88. The smallest absolute Gasteiger partial charge is 0.312 e. The molecule has 0 saturated heterocycles. The van der Waals surface area contributed by atoms with Crippen LogP contribution in [0.1, 0.15) is 18.5 Å². The summed E-state index contributed by atoms with van der Waals surface area (Å²) in [5, 5.41) is 2.66. The molecule has 0 aliphatic rings. The highest BCUT2D eigenvalue weighted by molar-refractivity contribution is 5.72. The highest BCUT2D eigenvalue weighted by Crippen LogP contribution is 2.21. The summed E-state index contributed by atoms with van der Waals surface area (Å²) in [7, 11) is 0. The van der Waals surface area contributed by atoms with Crippen LogP contribution in [0.2, 0.25) is 0 Å². The van der Waals surface area contributed by atoms with Crippen molar-refractivity contribution in [2.75, 3.05) is 0 Å². The number of amides is 2. The van der Waals surface area contributed by atoms with Gasteiger partial charge < -0.3 is 11.1 Å². The molecule has 0 saturated carbocycles. The van der Waals surface area contributed by atoms with E-state index in [1.165, 1.54) is 5.56 Å². The molecule has 0 unspecified atom stereocenters. The molecular formula is C15H16N2O. The van der Waals surface area contributed by atoms with E-state index >= 15 is 0 Å². The average molecular weight is 240 g/mol. The minimum atomic E-state index is -0.505. The van der Waals surface area contributed by atoms with Crippen LogP contribution in [0.5, 0.6) is 0 Å². The number of urea groups is 1. The van der Waals surface area contributed by atoms with Gasteiger partial charge in [0.2, 0.25) is 0 Å². The number of primary amides is 1. The third-order valence-electron chi connectivity index (χ3n) is 2.88. The minimum absolute atomic E-state index is 0.0766. The maximum atomic E-state index is 10.8. The highest BCUT2D eigenvalue weighted by atomic mass is 16.2. The standard InChI is InChI=1S/C15H16N2O/c1-11(17-15(16)18)12-7-9-14(10-8-12)13-5-3-2-4-6-13/h2-11H,1H3,(H3,16,17,18)/t11-/m0/s1. The van der Waals surface area contributed by atoms with Crippen LogP contribution in [-0.2, 0) is 0 Å². The van der Waals surface area contributed by atoms with Gasteiger partial charge in [-0.15, -0.1) is 0 Å². The van der Waals surface area contributed by atoms with Gasteiger partial charge in [-0.3, -0.25) is 0 Å². The van der Waals surface area contributed by atoms with Gasteiger partial charge in [-0.25, -0.2) is 4.79 Å². The predicted octanol–water partition coefficient (Wildman–Crippen LogP) is 3.08. The molecule has 0 aliphatic carbocycles. The van der Waals surface area contributed by atoms with E-state index in [1.54, 1.807) is 0 Å². The Bertz CT molecular complexity index is 520. The Hall–Kier alpha value is -2.29. The zero-order chi connectivity index (χ0) is 13.0. The fourth-order valence-electron chi connectivity index (χ4n) is 1.89. The molecule has 0 fully saturated rings. The Morgan fingerprint density at radius 2 is 1.56 bits per heavy atom. The van der Waals surface area contributed by atoms with Gasteiger partial charge in [-0.05, 0) is 23.6 Å². The molecule has 0 bridgehead atoms. The fourth-order valence-corrected chi connectivity index (χ4v) is 1.89. The first-order chi connectivity index (χ1) is 8.66. The van der Waals surface area contributed by atoms with Crippen LogP contribution in [0.25, 0.3) is 11.1 Å². The number of benzene rings is 2. The highest BCUT2D eigenvalue weighted by Gasteiger charge is 2.06. The van der Waals surface area contributed by atoms with Gasteiger partial charge in [0.1, 0.15) is 0 Å². The molecule has 0 radical (unpaired) electrons. The van der Waals surface area contributed by atoms with Crippen LogP contribution < -0.4 is 11.1 Å². The fraction of sp³-hybridized carbons (Fsp3) is 0.133. The first-order valence-electron chi connectivity index (χ1n) is 5.88. The Balaban J connectivity index is 2.18. The van der Waals surface area contributed by atoms with Crippen LogP contribution in [0.3, 0.4) is 0 Å². The lowest BCUT2D eigenvalue weighted by Crippen LogP contribution is -2.31. The van der Waals surface area contributed by atoms with E-state index in [-0.39, 0.29) is 6.04 Å². The Labute approximate surface area is 107 Å². The third kappa shape index (κ3) is 2.88. The molecular weight excluding hydrogens is 224 g/mol. The van der Waals surface area contributed by atoms with E-state index < -0.39 is 6.03 Å². The van der Waals surface area contributed by atoms with E-state index in [9.17, 15) is 4.79 Å². The van der Waals surface area contributed by atoms with Crippen molar-refractivity contribution in [3.8, 4) is 11.1 Å². The van der Waals surface area contributed by atoms with Gasteiger partial charge in [0.15, 0.2) is 0 Å². The number of rotatable bonds is 3. The van der Waals surface area contributed by atoms with Crippen LogP contribution in [0.4, 0.5) is 4.79 Å². The van der Waals surface area contributed by atoms with Crippen molar-refractivity contribution < 1.29 is 4.79 Å². The molecule has 2 aromatic rings. The molecule has 3 nitrogen and oxygen atoms in total. The molecule has 3 N–H and O–H groups in total. The van der Waals surface area contributed by atoms with Gasteiger partial charge in [-0.1, -0.05) is 54.6 Å². The number of nitrogens with two attached hydrogens (primary N) is 1. The Kier molecular flexibility index (Phi) is 3.63. The van der Waals surface area contributed by atoms with Crippen molar-refractivity contribution in [3.63, 3.8) is 0 Å². The summed E-state index contributed by atoms with van der Waals surface area (Å²) in [6.45, 7) is 1.91. The second-order valence-corrected chi connectivity index (χ2v) is 4.22. The first-order valence-corrected chi connectivity index (χ1v) is 5.88. The largest absolute Gasteiger partial charge is 0.352 e. The zero-order valence-electron chi connectivity index (χ0n) is 10.3. The van der Waals surface area contributed by atoms with E-state index in [0.717, 1.165) is 11.1 Å². The lowest BCUT2D eigenvalue weighted by molar-refractivity contribution is 0.246. The predicted molar refractivity (Wildman–Crippen MR) is 73.0 cm³/mol. The minimum Gasteiger partial charge on any atom is -0.352 e. The van der Waals surface area contributed by atoms with Crippen molar-refractivity contribution in [3.05, 3.63) is 60.2 Å². The number of hydrogen-bond donors (Lipinski definition) is 2. The van der Waals surface area contributed by atoms with E-state index in [1.807, 2.05) is 49.4 Å². The summed E-state index contributed by atoms with van der Waals surface area (Å²) in [5.41, 5.74) is 8.48. The average Bonchev–Trinajstić information content (AvgIpc) is 2.39. The lowest BCUT2D eigenvalue weighted by Gasteiger charge is -2.13. The number of carbonyl (C=O) groups is 1. The number of nitrogens with one attached hydrogen (secondary N) is 1. The van der Waals surface area contributed by atoms with Crippen LogP contribution in [0, 0.1) is 0 Å². The number of carbonyl (C=O) groups excluding carboxylic acids is 1. The van der Waals surface area contributed by atoms with E-state index in [0.29, 0.717) is 0 Å². The van der Waals surface area contributed by atoms with E-state index in [4.69, 9.17) is 5.73 Å². The molecule has 2 amide bonds. The zero-order valence-corrected chi connectivity index (χ0v) is 10.3. The quantitative estimate of drug-likeness (QED) is 0.851. The maximum Gasteiger partial charge on any atom is 0.312 e. The summed E-state index contributed by atoms with van der Waals surface area (Å²) < 4.78 is 0. The van der Waals surface area contributed by atoms with Gasteiger partial charge in [-0.2, -0.15) is 0 Å². The van der Waals surface area contributed by atoms with Crippen LogP contribution in [-0.4, -0.2) is 6.03 Å². The van der Waals surface area contributed by atoms with Crippen molar-refractivity contribution in [2.45, 2.75) is 13.0 Å².